The van der Waals surface area contributed by atoms with Gasteiger partial charge in [-0.1, -0.05) is 23.7 Å². The highest BCUT2D eigenvalue weighted by Gasteiger charge is 2.16. The molecular weight excluding hydrogens is 470 g/mol. The second kappa shape index (κ2) is 10.2. The summed E-state index contributed by atoms with van der Waals surface area (Å²) in [6.07, 6.45) is 0. The minimum Gasteiger partial charge on any atom is -0.325 e. The van der Waals surface area contributed by atoms with Gasteiger partial charge < -0.3 is 10.6 Å². The summed E-state index contributed by atoms with van der Waals surface area (Å²) in [6, 6.07) is 19.4. The van der Waals surface area contributed by atoms with Crippen LogP contribution in [0.25, 0.3) is 0 Å². The molecule has 0 spiro atoms. The van der Waals surface area contributed by atoms with E-state index in [4.69, 9.17) is 16.7 Å². The summed E-state index contributed by atoms with van der Waals surface area (Å²) < 4.78 is 22.6. The Hall–Kier alpha value is -2.85. The molecule has 0 heterocycles. The van der Waals surface area contributed by atoms with Crippen LogP contribution in [-0.4, -0.2) is 25.5 Å². The topological polar surface area (TPSA) is 118 Å². The smallest absolute Gasteiger partial charge is 0.255 e. The summed E-state index contributed by atoms with van der Waals surface area (Å²) in [5.74, 6) is -0.546. The maximum atomic E-state index is 12.5. The first-order valence-electron chi connectivity index (χ1n) is 9.39. The number of amides is 2. The Balaban J connectivity index is 1.61. The number of carbonyl (C=O) groups is 2. The van der Waals surface area contributed by atoms with Crippen LogP contribution in [0.4, 0.5) is 11.4 Å². The third kappa shape index (κ3) is 6.57. The molecule has 0 bridgehead atoms. The first kappa shape index (κ1) is 23.8. The van der Waals surface area contributed by atoms with Crippen LogP contribution in [0.2, 0.25) is 5.02 Å². The molecule has 10 heteroatoms. The number of hydrogen-bond acceptors (Lipinski definition) is 5. The molecule has 3 rings (SSSR count). The predicted molar refractivity (Wildman–Crippen MR) is 128 cm³/mol. The number of primary sulfonamides is 1. The summed E-state index contributed by atoms with van der Waals surface area (Å²) in [4.78, 5) is 25.7. The maximum absolute atomic E-state index is 12.5. The molecule has 0 saturated heterocycles. The average Bonchev–Trinajstić information content (AvgIpc) is 2.73. The van der Waals surface area contributed by atoms with Crippen molar-refractivity contribution in [3.63, 3.8) is 0 Å². The van der Waals surface area contributed by atoms with E-state index in [-0.39, 0.29) is 16.7 Å². The zero-order valence-corrected chi connectivity index (χ0v) is 19.3. The molecule has 3 aromatic carbocycles. The summed E-state index contributed by atoms with van der Waals surface area (Å²) in [6.45, 7) is 1.75. The van der Waals surface area contributed by atoms with Gasteiger partial charge in [0.2, 0.25) is 15.9 Å². The van der Waals surface area contributed by atoms with E-state index in [1.165, 1.54) is 36.0 Å². The van der Waals surface area contributed by atoms with Crippen molar-refractivity contribution < 1.29 is 18.0 Å². The Morgan fingerprint density at radius 1 is 0.938 bits per heavy atom. The van der Waals surface area contributed by atoms with Crippen molar-refractivity contribution in [1.29, 1.82) is 0 Å². The highest BCUT2D eigenvalue weighted by Crippen LogP contribution is 2.27. The van der Waals surface area contributed by atoms with Crippen LogP contribution in [0.3, 0.4) is 0 Å². The van der Waals surface area contributed by atoms with E-state index in [2.05, 4.69) is 10.6 Å². The van der Waals surface area contributed by atoms with Gasteiger partial charge in [-0.05, 0) is 67.6 Å². The van der Waals surface area contributed by atoms with Crippen molar-refractivity contribution in [2.24, 2.45) is 5.14 Å². The highest BCUT2D eigenvalue weighted by molar-refractivity contribution is 8.00. The second-order valence-electron chi connectivity index (χ2n) is 6.81. The van der Waals surface area contributed by atoms with Crippen LogP contribution in [0.5, 0.6) is 0 Å². The molecule has 1 unspecified atom stereocenters. The molecule has 0 saturated carbocycles. The zero-order valence-electron chi connectivity index (χ0n) is 16.9. The number of thioether (sulfide) groups is 1. The molecule has 166 valence electrons. The number of anilines is 2. The lowest BCUT2D eigenvalue weighted by Crippen LogP contribution is -2.22. The molecular formula is C22H20ClN3O4S2. The van der Waals surface area contributed by atoms with E-state index in [0.717, 1.165) is 4.90 Å². The van der Waals surface area contributed by atoms with Gasteiger partial charge in [-0.15, -0.1) is 11.8 Å². The molecule has 0 aliphatic rings. The zero-order chi connectivity index (χ0) is 23.3. The van der Waals surface area contributed by atoms with Crippen molar-refractivity contribution in [2.75, 3.05) is 10.6 Å². The van der Waals surface area contributed by atoms with Gasteiger partial charge in [0.25, 0.3) is 5.91 Å². The average molecular weight is 490 g/mol. The lowest BCUT2D eigenvalue weighted by molar-refractivity contribution is -0.115. The molecule has 0 aliphatic heterocycles. The lowest BCUT2D eigenvalue weighted by Gasteiger charge is -2.13. The second-order valence-corrected chi connectivity index (χ2v) is 10.2. The molecule has 32 heavy (non-hydrogen) atoms. The largest absolute Gasteiger partial charge is 0.325 e. The van der Waals surface area contributed by atoms with E-state index in [0.29, 0.717) is 22.0 Å². The van der Waals surface area contributed by atoms with Crippen LogP contribution in [0.1, 0.15) is 17.3 Å². The van der Waals surface area contributed by atoms with Gasteiger partial charge in [0, 0.05) is 26.9 Å². The summed E-state index contributed by atoms with van der Waals surface area (Å²) in [5.41, 5.74) is 1.49. The van der Waals surface area contributed by atoms with Gasteiger partial charge >= 0.3 is 0 Å². The number of benzene rings is 3. The quantitative estimate of drug-likeness (QED) is 0.426. The Labute approximate surface area is 195 Å². The highest BCUT2D eigenvalue weighted by atomic mass is 35.5. The first-order valence-corrected chi connectivity index (χ1v) is 12.2. The van der Waals surface area contributed by atoms with E-state index >= 15 is 0 Å². The first-order chi connectivity index (χ1) is 15.1. The summed E-state index contributed by atoms with van der Waals surface area (Å²) in [5, 5.41) is 10.6. The van der Waals surface area contributed by atoms with E-state index in [1.54, 1.807) is 49.4 Å². The van der Waals surface area contributed by atoms with E-state index in [1.807, 2.05) is 6.07 Å². The number of sulfonamides is 1. The fraction of sp³-hybridized carbons (Fsp3) is 0.0909. The van der Waals surface area contributed by atoms with Gasteiger partial charge in [0.05, 0.1) is 10.1 Å². The van der Waals surface area contributed by atoms with Crippen LogP contribution in [0.15, 0.2) is 82.6 Å². The SMILES string of the molecule is CC(Sc1cccc(NC(=O)c2cccc(Cl)c2)c1)C(=O)Nc1ccc(S(N)(=O)=O)cc1. The van der Waals surface area contributed by atoms with Gasteiger partial charge in [-0.25, -0.2) is 13.6 Å². The number of carbonyl (C=O) groups excluding carboxylic acids is 2. The Bertz CT molecular complexity index is 1250. The van der Waals surface area contributed by atoms with Gasteiger partial charge in [0.1, 0.15) is 0 Å². The van der Waals surface area contributed by atoms with Crippen LogP contribution in [-0.2, 0) is 14.8 Å². The number of nitrogens with one attached hydrogen (secondary N) is 2. The van der Waals surface area contributed by atoms with E-state index in [9.17, 15) is 18.0 Å². The van der Waals surface area contributed by atoms with Gasteiger partial charge in [0.15, 0.2) is 0 Å². The molecule has 1 atom stereocenters. The number of halogens is 1. The monoisotopic (exact) mass is 489 g/mol. The normalized spacial score (nSPS) is 12.1. The van der Waals surface area contributed by atoms with Crippen LogP contribution in [0, 0.1) is 0 Å². The van der Waals surface area contributed by atoms with Crippen molar-refractivity contribution in [3.8, 4) is 0 Å². The molecule has 0 aromatic heterocycles. The number of rotatable bonds is 7. The third-order valence-corrected chi connectivity index (χ3v) is 6.57. The molecule has 3 aromatic rings. The molecule has 0 aliphatic carbocycles. The minimum absolute atomic E-state index is 0.0328. The number of nitrogens with two attached hydrogens (primary N) is 1. The minimum atomic E-state index is -3.79. The standard InChI is InChI=1S/C22H20ClN3O4S2/c1-14(21(27)25-17-8-10-20(11-9-17)32(24,29)30)31-19-7-3-6-18(13-19)26-22(28)15-4-2-5-16(23)12-15/h2-14H,1H3,(H,25,27)(H,26,28)(H2,24,29,30). The van der Waals surface area contributed by atoms with Gasteiger partial charge in [-0.2, -0.15) is 0 Å². The lowest BCUT2D eigenvalue weighted by atomic mass is 10.2. The number of hydrogen-bond donors (Lipinski definition) is 3. The third-order valence-electron chi connectivity index (χ3n) is 4.31. The van der Waals surface area contributed by atoms with E-state index < -0.39 is 15.3 Å². The molecule has 2 amide bonds. The molecule has 0 fully saturated rings. The van der Waals surface area contributed by atoms with Crippen molar-refractivity contribution in [1.82, 2.24) is 0 Å². The van der Waals surface area contributed by atoms with Crippen molar-refractivity contribution in [2.45, 2.75) is 22.0 Å². The summed E-state index contributed by atoms with van der Waals surface area (Å²) >= 11 is 7.25. The Morgan fingerprint density at radius 3 is 2.28 bits per heavy atom. The predicted octanol–water partition coefficient (Wildman–Crippen LogP) is 4.36. The van der Waals surface area contributed by atoms with Crippen LogP contribution < -0.4 is 15.8 Å². The van der Waals surface area contributed by atoms with Crippen LogP contribution >= 0.6 is 23.4 Å². The van der Waals surface area contributed by atoms with Crippen molar-refractivity contribution >= 4 is 56.6 Å². The Kier molecular flexibility index (Phi) is 7.57. The molecule has 4 N–H and O–H groups in total. The van der Waals surface area contributed by atoms with Crippen molar-refractivity contribution in [3.05, 3.63) is 83.4 Å². The fourth-order valence-electron chi connectivity index (χ4n) is 2.71. The van der Waals surface area contributed by atoms with Gasteiger partial charge in [-0.3, -0.25) is 9.59 Å². The fourth-order valence-corrected chi connectivity index (χ4v) is 4.34. The summed E-state index contributed by atoms with van der Waals surface area (Å²) in [7, 11) is -3.79. The molecule has 7 nitrogen and oxygen atoms in total. The Morgan fingerprint density at radius 2 is 1.62 bits per heavy atom. The maximum Gasteiger partial charge on any atom is 0.255 e. The molecule has 0 radical (unpaired) electrons.